The Morgan fingerprint density at radius 2 is 1.93 bits per heavy atom. The summed E-state index contributed by atoms with van der Waals surface area (Å²) in [6.07, 6.45) is -2.64. The molecular formula is C20H22BrF3N4S. The number of benzene rings is 2. The molecule has 2 heterocycles. The third-order valence-corrected chi connectivity index (χ3v) is 6.84. The van der Waals surface area contributed by atoms with E-state index in [1.54, 1.807) is 0 Å². The molecule has 0 aliphatic carbocycles. The van der Waals surface area contributed by atoms with Crippen molar-refractivity contribution in [1.29, 1.82) is 0 Å². The van der Waals surface area contributed by atoms with Gasteiger partial charge in [0, 0.05) is 46.5 Å². The molecule has 156 valence electrons. The van der Waals surface area contributed by atoms with Gasteiger partial charge >= 0.3 is 6.18 Å². The van der Waals surface area contributed by atoms with Gasteiger partial charge in [-0.2, -0.15) is 13.2 Å². The molecule has 4 rings (SSSR count). The summed E-state index contributed by atoms with van der Waals surface area (Å²) in [4.78, 5) is 3.77. The second kappa shape index (κ2) is 8.37. The molecule has 0 spiro atoms. The lowest BCUT2D eigenvalue weighted by atomic mass is 10.0. The van der Waals surface area contributed by atoms with Crippen LogP contribution in [-0.4, -0.2) is 37.1 Å². The van der Waals surface area contributed by atoms with E-state index in [2.05, 4.69) is 31.5 Å². The summed E-state index contributed by atoms with van der Waals surface area (Å²) in [6, 6.07) is 8.35. The number of alkyl halides is 3. The van der Waals surface area contributed by atoms with Gasteiger partial charge in [-0.25, -0.2) is 0 Å². The molecule has 0 unspecified atom stereocenters. The topological polar surface area (TPSA) is 53.3 Å². The lowest BCUT2D eigenvalue weighted by molar-refractivity contribution is -0.137. The Balaban J connectivity index is 1.63. The number of piperidine rings is 1. The SMILES string of the molecule is NCCN1CCC(Nc2cc(C(F)(F)F)cc3c2Nc2ccc(Br)cc2S3)CC1. The fraction of sp³-hybridized carbons (Fsp3) is 0.400. The van der Waals surface area contributed by atoms with Gasteiger partial charge in [0.2, 0.25) is 0 Å². The molecule has 4 N–H and O–H groups in total. The van der Waals surface area contributed by atoms with E-state index in [0.717, 1.165) is 47.5 Å². The van der Waals surface area contributed by atoms with Crippen LogP contribution in [-0.2, 0) is 6.18 Å². The average molecular weight is 487 g/mol. The molecule has 0 saturated carbocycles. The number of nitrogens with one attached hydrogen (secondary N) is 2. The first-order valence-electron chi connectivity index (χ1n) is 9.52. The Bertz CT molecular complexity index is 898. The van der Waals surface area contributed by atoms with Crippen LogP contribution < -0.4 is 16.4 Å². The molecule has 9 heteroatoms. The maximum absolute atomic E-state index is 13.5. The predicted molar refractivity (Wildman–Crippen MR) is 115 cm³/mol. The zero-order valence-electron chi connectivity index (χ0n) is 15.7. The zero-order valence-corrected chi connectivity index (χ0v) is 18.1. The van der Waals surface area contributed by atoms with Gasteiger partial charge in [-0.3, -0.25) is 0 Å². The fourth-order valence-corrected chi connectivity index (χ4v) is 5.36. The van der Waals surface area contributed by atoms with E-state index in [9.17, 15) is 13.2 Å². The van der Waals surface area contributed by atoms with Crippen molar-refractivity contribution in [2.45, 2.75) is 34.9 Å². The number of hydrogen-bond acceptors (Lipinski definition) is 5. The minimum atomic E-state index is -4.39. The van der Waals surface area contributed by atoms with Crippen molar-refractivity contribution in [3.05, 3.63) is 40.4 Å². The van der Waals surface area contributed by atoms with Crippen molar-refractivity contribution in [3.8, 4) is 0 Å². The summed E-state index contributed by atoms with van der Waals surface area (Å²) in [7, 11) is 0. The number of fused-ring (bicyclic) bond motifs is 2. The van der Waals surface area contributed by atoms with Gasteiger partial charge in [0.05, 0.1) is 22.6 Å². The maximum Gasteiger partial charge on any atom is 0.416 e. The number of rotatable bonds is 4. The van der Waals surface area contributed by atoms with Gasteiger partial charge in [-0.05, 0) is 43.2 Å². The molecule has 2 aliphatic rings. The van der Waals surface area contributed by atoms with Gasteiger partial charge in [-0.15, -0.1) is 0 Å². The minimum absolute atomic E-state index is 0.134. The van der Waals surface area contributed by atoms with Gasteiger partial charge in [0.1, 0.15) is 0 Å². The van der Waals surface area contributed by atoms with Gasteiger partial charge in [0.15, 0.2) is 0 Å². The third kappa shape index (κ3) is 4.68. The third-order valence-electron chi connectivity index (χ3n) is 5.25. The molecule has 29 heavy (non-hydrogen) atoms. The molecule has 0 bridgehead atoms. The Morgan fingerprint density at radius 3 is 2.62 bits per heavy atom. The van der Waals surface area contributed by atoms with E-state index in [1.807, 2.05) is 18.2 Å². The van der Waals surface area contributed by atoms with Crippen molar-refractivity contribution in [2.24, 2.45) is 5.73 Å². The number of halogens is 4. The minimum Gasteiger partial charge on any atom is -0.380 e. The molecule has 1 fully saturated rings. The zero-order chi connectivity index (χ0) is 20.6. The van der Waals surface area contributed by atoms with Crippen LogP contribution in [0.25, 0.3) is 0 Å². The van der Waals surface area contributed by atoms with Crippen LogP contribution in [0, 0.1) is 0 Å². The Morgan fingerprint density at radius 1 is 1.17 bits per heavy atom. The van der Waals surface area contributed by atoms with E-state index in [4.69, 9.17) is 5.73 Å². The molecule has 0 aromatic heterocycles. The highest BCUT2D eigenvalue weighted by Crippen LogP contribution is 2.50. The number of nitrogens with zero attached hydrogens (tertiary/aromatic N) is 1. The van der Waals surface area contributed by atoms with Crippen molar-refractivity contribution in [1.82, 2.24) is 4.90 Å². The molecule has 0 radical (unpaired) electrons. The molecule has 0 amide bonds. The summed E-state index contributed by atoms with van der Waals surface area (Å²) in [5.41, 5.74) is 7.10. The second-order valence-corrected chi connectivity index (χ2v) is 9.31. The van der Waals surface area contributed by atoms with E-state index in [1.165, 1.54) is 23.9 Å². The van der Waals surface area contributed by atoms with Crippen molar-refractivity contribution < 1.29 is 13.2 Å². The summed E-state index contributed by atoms with van der Waals surface area (Å²) in [5.74, 6) is 0. The Kier molecular flexibility index (Phi) is 6.02. The Labute approximate surface area is 180 Å². The molecule has 2 aliphatic heterocycles. The van der Waals surface area contributed by atoms with Crippen LogP contribution >= 0.6 is 27.7 Å². The highest BCUT2D eigenvalue weighted by Gasteiger charge is 2.34. The van der Waals surface area contributed by atoms with Gasteiger partial charge < -0.3 is 21.3 Å². The van der Waals surface area contributed by atoms with E-state index in [-0.39, 0.29) is 6.04 Å². The quantitative estimate of drug-likeness (QED) is 0.453. The molecule has 2 aromatic carbocycles. The van der Waals surface area contributed by atoms with Gasteiger partial charge in [-0.1, -0.05) is 27.7 Å². The van der Waals surface area contributed by atoms with Gasteiger partial charge in [0.25, 0.3) is 0 Å². The average Bonchev–Trinajstić information content (AvgIpc) is 2.67. The first-order valence-corrected chi connectivity index (χ1v) is 11.1. The maximum atomic E-state index is 13.5. The molecule has 1 saturated heterocycles. The van der Waals surface area contributed by atoms with Crippen LogP contribution in [0.3, 0.4) is 0 Å². The number of nitrogens with two attached hydrogens (primary N) is 1. The Hall–Kier alpha value is -1.42. The lowest BCUT2D eigenvalue weighted by Crippen LogP contribution is -2.41. The highest BCUT2D eigenvalue weighted by atomic mass is 79.9. The van der Waals surface area contributed by atoms with Crippen LogP contribution in [0.5, 0.6) is 0 Å². The van der Waals surface area contributed by atoms with E-state index >= 15 is 0 Å². The number of likely N-dealkylation sites (tertiary alicyclic amines) is 1. The summed E-state index contributed by atoms with van der Waals surface area (Å²) in [5, 5.41) is 6.72. The second-order valence-electron chi connectivity index (χ2n) is 7.31. The number of hydrogen-bond donors (Lipinski definition) is 3. The normalized spacial score (nSPS) is 17.4. The highest BCUT2D eigenvalue weighted by molar-refractivity contribution is 9.10. The van der Waals surface area contributed by atoms with Crippen LogP contribution in [0.1, 0.15) is 18.4 Å². The molecule has 0 atom stereocenters. The molecular weight excluding hydrogens is 465 g/mol. The fourth-order valence-electron chi connectivity index (χ4n) is 3.74. The molecule has 4 nitrogen and oxygen atoms in total. The first kappa shape index (κ1) is 20.8. The predicted octanol–water partition coefficient (Wildman–Crippen LogP) is 5.51. The summed E-state index contributed by atoms with van der Waals surface area (Å²) >= 11 is 4.78. The summed E-state index contributed by atoms with van der Waals surface area (Å²) < 4.78 is 41.5. The van der Waals surface area contributed by atoms with E-state index in [0.29, 0.717) is 22.8 Å². The standard InChI is InChI=1S/C20H22BrF3N4S/c21-13-1-2-15-17(11-13)29-18-10-12(20(22,23)24)9-16(19(18)27-15)26-14-3-6-28(7-4-14)8-5-25/h1-2,9-11,14,26-27H,3-8,25H2. The van der Waals surface area contributed by atoms with Crippen molar-refractivity contribution in [3.63, 3.8) is 0 Å². The van der Waals surface area contributed by atoms with Crippen LogP contribution in [0.15, 0.2) is 44.6 Å². The van der Waals surface area contributed by atoms with E-state index < -0.39 is 11.7 Å². The lowest BCUT2D eigenvalue weighted by Gasteiger charge is -2.34. The number of anilines is 3. The summed E-state index contributed by atoms with van der Waals surface area (Å²) in [6.45, 7) is 3.27. The van der Waals surface area contributed by atoms with Crippen molar-refractivity contribution >= 4 is 44.8 Å². The monoisotopic (exact) mass is 486 g/mol. The largest absolute Gasteiger partial charge is 0.416 e. The van der Waals surface area contributed by atoms with Crippen LogP contribution in [0.2, 0.25) is 0 Å². The van der Waals surface area contributed by atoms with Crippen LogP contribution in [0.4, 0.5) is 30.2 Å². The van der Waals surface area contributed by atoms with Crippen molar-refractivity contribution in [2.75, 3.05) is 36.8 Å². The first-order chi connectivity index (χ1) is 13.8. The smallest absolute Gasteiger partial charge is 0.380 e. The molecule has 2 aromatic rings.